The Balaban J connectivity index is 1.51. The van der Waals surface area contributed by atoms with Gasteiger partial charge < -0.3 is 0 Å². The summed E-state index contributed by atoms with van der Waals surface area (Å²) in [5.41, 5.74) is 4.48. The highest BCUT2D eigenvalue weighted by Crippen LogP contribution is 2.48. The van der Waals surface area contributed by atoms with Crippen molar-refractivity contribution in [3.8, 4) is 0 Å². The van der Waals surface area contributed by atoms with E-state index in [1.165, 1.54) is 8.61 Å². The zero-order valence-corrected chi connectivity index (χ0v) is 26.6. The minimum absolute atomic E-state index is 0.0380. The van der Waals surface area contributed by atoms with E-state index in [1.54, 1.807) is 54.6 Å². The van der Waals surface area contributed by atoms with Gasteiger partial charge in [-0.05, 0) is 62.6 Å². The van der Waals surface area contributed by atoms with Crippen molar-refractivity contribution in [3.05, 3.63) is 131 Å². The predicted octanol–water partition coefficient (Wildman–Crippen LogP) is 6.14. The van der Waals surface area contributed by atoms with E-state index in [4.69, 9.17) is 0 Å². The maximum Gasteiger partial charge on any atom is 0.243 e. The van der Waals surface area contributed by atoms with Crippen LogP contribution in [0.25, 0.3) is 0 Å². The molecule has 6 rings (SSSR count). The Morgan fingerprint density at radius 3 is 1.61 bits per heavy atom. The van der Waals surface area contributed by atoms with Gasteiger partial charge in [-0.3, -0.25) is 4.79 Å². The molecule has 0 aromatic heterocycles. The lowest BCUT2D eigenvalue weighted by Gasteiger charge is -2.51. The minimum Gasteiger partial charge on any atom is -0.299 e. The van der Waals surface area contributed by atoms with Crippen LogP contribution in [-0.4, -0.2) is 43.8 Å². The molecule has 4 aromatic carbocycles. The summed E-state index contributed by atoms with van der Waals surface area (Å²) in [5, 5.41) is 0. The van der Waals surface area contributed by atoms with Crippen LogP contribution in [0, 0.1) is 26.7 Å². The fourth-order valence-corrected chi connectivity index (χ4v) is 10.0. The Morgan fingerprint density at radius 2 is 1.07 bits per heavy atom. The standard InChI is InChI=1S/C35H36N2O5S2/c1-24-9-15-27(16-10-24)32-21-34-31(23-36(32)43(39,40)29-7-5-4-6-8-29)35(38)22-33(28-17-11-25(2)12-18-28)37(34)44(41,42)30-19-13-26(3)14-20-30/h4-20,31-34H,21-23H2,1-3H3/t31-,32+,33+,34+/m1/s1. The number of benzene rings is 4. The minimum atomic E-state index is -4.08. The van der Waals surface area contributed by atoms with Gasteiger partial charge in [0.05, 0.1) is 21.9 Å². The number of nitrogens with zero attached hydrogens (tertiary/aromatic N) is 2. The molecule has 2 heterocycles. The van der Waals surface area contributed by atoms with Gasteiger partial charge in [-0.1, -0.05) is 95.6 Å². The van der Waals surface area contributed by atoms with Crippen LogP contribution in [0.2, 0.25) is 0 Å². The molecule has 2 aliphatic heterocycles. The average molecular weight is 629 g/mol. The molecule has 228 valence electrons. The van der Waals surface area contributed by atoms with Gasteiger partial charge >= 0.3 is 0 Å². The average Bonchev–Trinajstić information content (AvgIpc) is 3.01. The third kappa shape index (κ3) is 5.54. The van der Waals surface area contributed by atoms with Crippen molar-refractivity contribution in [1.82, 2.24) is 8.61 Å². The Labute approximate surface area is 260 Å². The van der Waals surface area contributed by atoms with Crippen LogP contribution in [0.4, 0.5) is 0 Å². The molecule has 2 fully saturated rings. The van der Waals surface area contributed by atoms with Crippen LogP contribution in [-0.2, 0) is 24.8 Å². The Hall–Kier alpha value is -3.63. The van der Waals surface area contributed by atoms with Crippen molar-refractivity contribution in [2.24, 2.45) is 5.92 Å². The molecule has 2 aliphatic rings. The molecule has 0 unspecified atom stereocenters. The molecule has 44 heavy (non-hydrogen) atoms. The number of rotatable bonds is 6. The first-order valence-corrected chi connectivity index (χ1v) is 17.7. The van der Waals surface area contributed by atoms with Gasteiger partial charge in [0.1, 0.15) is 5.78 Å². The van der Waals surface area contributed by atoms with Crippen LogP contribution in [0.15, 0.2) is 113 Å². The second-order valence-electron chi connectivity index (χ2n) is 12.0. The van der Waals surface area contributed by atoms with Gasteiger partial charge in [0.15, 0.2) is 0 Å². The van der Waals surface area contributed by atoms with Gasteiger partial charge in [0.2, 0.25) is 20.0 Å². The Kier molecular flexibility index (Phi) is 8.09. The zero-order valence-electron chi connectivity index (χ0n) is 25.0. The Morgan fingerprint density at radius 1 is 0.591 bits per heavy atom. The van der Waals surface area contributed by atoms with Crippen molar-refractivity contribution in [3.63, 3.8) is 0 Å². The predicted molar refractivity (Wildman–Crippen MR) is 170 cm³/mol. The largest absolute Gasteiger partial charge is 0.299 e. The van der Waals surface area contributed by atoms with Crippen LogP contribution in [0.1, 0.15) is 52.7 Å². The van der Waals surface area contributed by atoms with E-state index in [-0.39, 0.29) is 35.0 Å². The third-order valence-corrected chi connectivity index (χ3v) is 12.8. The summed E-state index contributed by atoms with van der Waals surface area (Å²) in [5.74, 6) is -0.955. The molecule has 0 radical (unpaired) electrons. The van der Waals surface area contributed by atoms with E-state index in [0.29, 0.717) is 0 Å². The smallest absolute Gasteiger partial charge is 0.243 e. The monoisotopic (exact) mass is 628 g/mol. The number of sulfonamides is 2. The normalized spacial score (nSPS) is 23.3. The SMILES string of the molecule is Cc1ccc([C@@H]2C[C@H]3[C@@H](CN2S(=O)(=O)c2ccccc2)C(=O)C[C@@H](c2ccc(C)cc2)N3S(=O)(=O)c2ccc(C)cc2)cc1. The lowest BCUT2D eigenvalue weighted by molar-refractivity contribution is -0.132. The summed E-state index contributed by atoms with van der Waals surface area (Å²) in [6, 6.07) is 28.1. The topological polar surface area (TPSA) is 91.8 Å². The first-order valence-electron chi connectivity index (χ1n) is 14.8. The number of piperidine rings is 2. The molecule has 2 saturated heterocycles. The quantitative estimate of drug-likeness (QED) is 0.256. The number of Topliss-reactive ketones (excluding diaryl/α,β-unsaturated/α-hetero) is 1. The summed E-state index contributed by atoms with van der Waals surface area (Å²) < 4.78 is 60.4. The van der Waals surface area contributed by atoms with Crippen LogP contribution in [0.3, 0.4) is 0 Å². The van der Waals surface area contributed by atoms with Crippen molar-refractivity contribution < 1.29 is 21.6 Å². The summed E-state index contributed by atoms with van der Waals surface area (Å²) in [6.07, 6.45) is 0.0999. The molecule has 4 aromatic rings. The molecule has 0 bridgehead atoms. The highest BCUT2D eigenvalue weighted by molar-refractivity contribution is 7.89. The number of carbonyl (C=O) groups excluding carboxylic acids is 1. The van der Waals surface area contributed by atoms with E-state index in [2.05, 4.69) is 0 Å². The molecule has 9 heteroatoms. The fraction of sp³-hybridized carbons (Fsp3) is 0.286. The van der Waals surface area contributed by atoms with E-state index in [9.17, 15) is 21.6 Å². The molecule has 0 saturated carbocycles. The molecular formula is C35H36N2O5S2. The second kappa shape index (κ2) is 11.7. The van der Waals surface area contributed by atoms with Gasteiger partial charge in [0.25, 0.3) is 0 Å². The number of hydrogen-bond acceptors (Lipinski definition) is 5. The number of hydrogen-bond donors (Lipinski definition) is 0. The Bertz CT molecular complexity index is 1870. The van der Waals surface area contributed by atoms with E-state index < -0.39 is 44.1 Å². The molecule has 4 atom stereocenters. The van der Waals surface area contributed by atoms with Crippen LogP contribution in [0.5, 0.6) is 0 Å². The first-order chi connectivity index (χ1) is 21.0. The maximum absolute atomic E-state index is 14.6. The summed E-state index contributed by atoms with van der Waals surface area (Å²) in [4.78, 5) is 14.3. The first kappa shape index (κ1) is 30.4. The molecular weight excluding hydrogens is 593 g/mol. The summed E-state index contributed by atoms with van der Waals surface area (Å²) in [7, 11) is -8.10. The summed E-state index contributed by atoms with van der Waals surface area (Å²) in [6.45, 7) is 5.71. The molecule has 0 aliphatic carbocycles. The van der Waals surface area contributed by atoms with Crippen molar-refractivity contribution in [2.75, 3.05) is 6.54 Å². The molecule has 0 spiro atoms. The zero-order chi connectivity index (χ0) is 31.2. The molecule has 0 N–H and O–H groups in total. The lowest BCUT2D eigenvalue weighted by Crippen LogP contribution is -2.60. The van der Waals surface area contributed by atoms with Gasteiger partial charge in [-0.25, -0.2) is 16.8 Å². The van der Waals surface area contributed by atoms with E-state index >= 15 is 0 Å². The van der Waals surface area contributed by atoms with Crippen LogP contribution < -0.4 is 0 Å². The number of fused-ring (bicyclic) bond motifs is 1. The third-order valence-electron chi connectivity index (χ3n) is 8.97. The lowest BCUT2D eigenvalue weighted by atomic mass is 9.77. The summed E-state index contributed by atoms with van der Waals surface area (Å²) >= 11 is 0. The second-order valence-corrected chi connectivity index (χ2v) is 15.7. The van der Waals surface area contributed by atoms with Crippen molar-refractivity contribution in [2.45, 2.75) is 61.5 Å². The fourth-order valence-electron chi connectivity index (χ4n) is 6.53. The van der Waals surface area contributed by atoms with Crippen LogP contribution >= 0.6 is 0 Å². The van der Waals surface area contributed by atoms with Crippen molar-refractivity contribution in [1.29, 1.82) is 0 Å². The van der Waals surface area contributed by atoms with Gasteiger partial charge in [0, 0.05) is 24.9 Å². The van der Waals surface area contributed by atoms with Gasteiger partial charge in [-0.15, -0.1) is 0 Å². The van der Waals surface area contributed by atoms with Crippen molar-refractivity contribution >= 4 is 25.8 Å². The maximum atomic E-state index is 14.6. The van der Waals surface area contributed by atoms with E-state index in [1.807, 2.05) is 69.3 Å². The molecule has 7 nitrogen and oxygen atoms in total. The van der Waals surface area contributed by atoms with Gasteiger partial charge in [-0.2, -0.15) is 8.61 Å². The highest BCUT2D eigenvalue weighted by atomic mass is 32.2. The number of carbonyl (C=O) groups is 1. The number of ketones is 1. The number of aryl methyl sites for hydroxylation is 3. The highest BCUT2D eigenvalue weighted by Gasteiger charge is 2.54. The molecule has 0 amide bonds. The van der Waals surface area contributed by atoms with E-state index in [0.717, 1.165) is 27.8 Å².